The average Bonchev–Trinajstić information content (AvgIpc) is 3.43. The first-order valence-electron chi connectivity index (χ1n) is 10.8. The van der Waals surface area contributed by atoms with Crippen LogP contribution in [0, 0.1) is 0 Å². The molecule has 3 N–H and O–H groups in total. The number of amides is 2. The molecule has 0 bridgehead atoms. The second-order valence-corrected chi connectivity index (χ2v) is 7.64. The lowest BCUT2D eigenvalue weighted by atomic mass is 10.2. The van der Waals surface area contributed by atoms with E-state index in [2.05, 4.69) is 25.4 Å². The Kier molecular flexibility index (Phi) is 7.10. The van der Waals surface area contributed by atoms with Crippen molar-refractivity contribution in [3.63, 3.8) is 0 Å². The fourth-order valence-electron chi connectivity index (χ4n) is 3.64. The number of rotatable bonds is 7. The predicted molar refractivity (Wildman–Crippen MR) is 126 cm³/mol. The monoisotopic (exact) mass is 480 g/mol. The van der Waals surface area contributed by atoms with Crippen LogP contribution in [0.1, 0.15) is 10.5 Å². The minimum Gasteiger partial charge on any atom is -0.494 e. The number of ether oxygens (including phenoxy) is 2. The summed E-state index contributed by atoms with van der Waals surface area (Å²) >= 11 is 0. The minimum absolute atomic E-state index is 0.245. The highest BCUT2D eigenvalue weighted by atomic mass is 16.6. The number of aliphatic carboxylic acids is 1. The number of piperazine rings is 1. The van der Waals surface area contributed by atoms with Crippen LogP contribution in [0.25, 0.3) is 11.4 Å². The zero-order chi connectivity index (χ0) is 24.8. The Morgan fingerprint density at radius 3 is 2.60 bits per heavy atom. The molecule has 3 heterocycles. The van der Waals surface area contributed by atoms with Crippen LogP contribution in [-0.2, 0) is 9.53 Å². The lowest BCUT2D eigenvalue weighted by Gasteiger charge is -2.35. The number of hydrogen-bond acceptors (Lipinski definition) is 8. The Balaban J connectivity index is 1.40. The third kappa shape index (κ3) is 5.66. The number of nitrogens with zero attached hydrogens (tertiary/aromatic N) is 4. The van der Waals surface area contributed by atoms with Gasteiger partial charge in [-0.1, -0.05) is 6.07 Å². The first-order valence-corrected chi connectivity index (χ1v) is 10.8. The van der Waals surface area contributed by atoms with Gasteiger partial charge in [0.2, 0.25) is 0 Å². The van der Waals surface area contributed by atoms with Crippen LogP contribution in [0.2, 0.25) is 0 Å². The highest BCUT2D eigenvalue weighted by Crippen LogP contribution is 2.31. The third-order valence-electron chi connectivity index (χ3n) is 5.41. The number of pyridine rings is 1. The van der Waals surface area contributed by atoms with E-state index >= 15 is 0 Å². The Hall–Kier alpha value is -4.61. The molecule has 0 saturated carbocycles. The highest BCUT2D eigenvalue weighted by Gasteiger charge is 2.23. The fourth-order valence-corrected chi connectivity index (χ4v) is 3.64. The summed E-state index contributed by atoms with van der Waals surface area (Å²) in [5.41, 5.74) is 2.90. The van der Waals surface area contributed by atoms with Crippen LogP contribution in [0.5, 0.6) is 5.75 Å². The number of nitrogens with one attached hydrogen (secondary N) is 2. The Bertz CT molecular complexity index is 1210. The molecule has 0 spiro atoms. The third-order valence-corrected chi connectivity index (χ3v) is 5.41. The molecule has 3 aromatic rings. The van der Waals surface area contributed by atoms with E-state index in [1.54, 1.807) is 36.5 Å². The minimum atomic E-state index is -1.20. The van der Waals surface area contributed by atoms with Crippen molar-refractivity contribution in [2.24, 2.45) is 0 Å². The average molecular weight is 480 g/mol. The van der Waals surface area contributed by atoms with Gasteiger partial charge in [-0.15, -0.1) is 0 Å². The first-order chi connectivity index (χ1) is 16.9. The lowest BCUT2D eigenvalue weighted by molar-refractivity contribution is -0.140. The molecule has 12 nitrogen and oxygen atoms in total. The molecule has 0 aliphatic carbocycles. The van der Waals surface area contributed by atoms with Gasteiger partial charge < -0.3 is 29.7 Å². The van der Waals surface area contributed by atoms with Crippen LogP contribution < -0.4 is 15.0 Å². The maximum absolute atomic E-state index is 12.8. The van der Waals surface area contributed by atoms with Gasteiger partial charge in [-0.3, -0.25) is 9.89 Å². The first kappa shape index (κ1) is 23.5. The number of methoxy groups -OCH3 is 1. The van der Waals surface area contributed by atoms with Gasteiger partial charge in [0, 0.05) is 44.1 Å². The van der Waals surface area contributed by atoms with Crippen LogP contribution in [0.3, 0.4) is 0 Å². The molecule has 35 heavy (non-hydrogen) atoms. The van der Waals surface area contributed by atoms with E-state index in [0.717, 1.165) is 5.69 Å². The highest BCUT2D eigenvalue weighted by molar-refractivity contribution is 6.04. The van der Waals surface area contributed by atoms with Gasteiger partial charge in [0.05, 0.1) is 24.2 Å². The molecular weight excluding hydrogens is 456 g/mol. The van der Waals surface area contributed by atoms with E-state index < -0.39 is 18.7 Å². The van der Waals surface area contributed by atoms with Gasteiger partial charge >= 0.3 is 12.1 Å². The van der Waals surface area contributed by atoms with Gasteiger partial charge in [0.15, 0.2) is 6.61 Å². The van der Waals surface area contributed by atoms with Crippen molar-refractivity contribution in [3.8, 4) is 17.1 Å². The van der Waals surface area contributed by atoms with Gasteiger partial charge in [-0.25, -0.2) is 14.6 Å². The molecule has 12 heteroatoms. The quantitative estimate of drug-likeness (QED) is 0.462. The zero-order valence-electron chi connectivity index (χ0n) is 18.9. The Morgan fingerprint density at radius 2 is 1.91 bits per heavy atom. The molecule has 1 aromatic carbocycles. The topological polar surface area (TPSA) is 150 Å². The van der Waals surface area contributed by atoms with Crippen molar-refractivity contribution in [1.82, 2.24) is 20.1 Å². The fraction of sp³-hybridized carbons (Fsp3) is 0.261. The van der Waals surface area contributed by atoms with Crippen LogP contribution >= 0.6 is 0 Å². The molecule has 0 unspecified atom stereocenters. The van der Waals surface area contributed by atoms with E-state index in [4.69, 9.17) is 14.6 Å². The van der Waals surface area contributed by atoms with Crippen molar-refractivity contribution < 1.29 is 29.0 Å². The van der Waals surface area contributed by atoms with E-state index in [1.807, 2.05) is 12.1 Å². The second kappa shape index (κ2) is 10.5. The van der Waals surface area contributed by atoms with Crippen molar-refractivity contribution in [1.29, 1.82) is 0 Å². The van der Waals surface area contributed by atoms with Crippen molar-refractivity contribution >= 4 is 29.3 Å². The van der Waals surface area contributed by atoms with E-state index in [9.17, 15) is 14.4 Å². The summed E-state index contributed by atoms with van der Waals surface area (Å²) < 4.78 is 10.2. The number of H-pyrrole nitrogens is 1. The Morgan fingerprint density at radius 1 is 1.11 bits per heavy atom. The maximum Gasteiger partial charge on any atom is 0.410 e. The van der Waals surface area contributed by atoms with E-state index in [0.29, 0.717) is 49.0 Å². The predicted octanol–water partition coefficient (Wildman–Crippen LogP) is 2.08. The summed E-state index contributed by atoms with van der Waals surface area (Å²) in [6.07, 6.45) is 0.967. The standard InChI is InChI=1S/C23H24N6O6/c1-34-20-13-15(28-9-11-29(12-10-28)23(33)35-14-21(30)31)5-6-18(20)26-22(32)19-4-2-3-16(25-19)17-7-8-24-27-17/h2-8,13H,9-12,14H2,1H3,(H,24,27)(H,26,32)(H,30,31). The number of carboxylic acids is 1. The largest absolute Gasteiger partial charge is 0.494 e. The molecule has 1 fully saturated rings. The number of carbonyl (C=O) groups is 3. The number of benzene rings is 1. The summed E-state index contributed by atoms with van der Waals surface area (Å²) in [5, 5.41) is 18.2. The number of carbonyl (C=O) groups excluding carboxylic acids is 2. The van der Waals surface area contributed by atoms with E-state index in [1.165, 1.54) is 12.0 Å². The van der Waals surface area contributed by atoms with Crippen LogP contribution in [-0.4, -0.2) is 83.1 Å². The summed E-state index contributed by atoms with van der Waals surface area (Å²) in [6, 6.07) is 12.3. The molecule has 1 aliphatic heterocycles. The number of anilines is 2. The molecular formula is C23H24N6O6. The van der Waals surface area contributed by atoms with Gasteiger partial charge in [0.1, 0.15) is 11.4 Å². The van der Waals surface area contributed by atoms with Crippen molar-refractivity contribution in [2.45, 2.75) is 0 Å². The molecule has 2 aromatic heterocycles. The number of aromatic amines is 1. The lowest BCUT2D eigenvalue weighted by Crippen LogP contribution is -2.49. The zero-order valence-corrected chi connectivity index (χ0v) is 18.9. The number of aromatic nitrogens is 3. The summed E-state index contributed by atoms with van der Waals surface area (Å²) in [4.78, 5) is 43.3. The van der Waals surface area contributed by atoms with Crippen LogP contribution in [0.4, 0.5) is 16.2 Å². The van der Waals surface area contributed by atoms with E-state index in [-0.39, 0.29) is 11.6 Å². The van der Waals surface area contributed by atoms with Gasteiger partial charge in [-0.2, -0.15) is 5.10 Å². The molecule has 182 valence electrons. The van der Waals surface area contributed by atoms with Crippen LogP contribution in [0.15, 0.2) is 48.7 Å². The molecule has 1 aliphatic rings. The summed E-state index contributed by atoms with van der Waals surface area (Å²) in [7, 11) is 1.52. The Labute approximate surface area is 200 Å². The molecule has 0 atom stereocenters. The normalized spacial score (nSPS) is 13.3. The SMILES string of the molecule is COc1cc(N2CCN(C(=O)OCC(=O)O)CC2)ccc1NC(=O)c1cccc(-c2ccn[nH]2)n1. The summed E-state index contributed by atoms with van der Waals surface area (Å²) in [6.45, 7) is 1.17. The van der Waals surface area contributed by atoms with Crippen molar-refractivity contribution in [2.75, 3.05) is 50.1 Å². The molecule has 4 rings (SSSR count). The molecule has 2 amide bonds. The smallest absolute Gasteiger partial charge is 0.410 e. The molecule has 1 saturated heterocycles. The molecule has 0 radical (unpaired) electrons. The van der Waals surface area contributed by atoms with Gasteiger partial charge in [0.25, 0.3) is 5.91 Å². The van der Waals surface area contributed by atoms with Crippen molar-refractivity contribution in [3.05, 3.63) is 54.4 Å². The van der Waals surface area contributed by atoms with Gasteiger partial charge in [-0.05, 0) is 30.3 Å². The number of carboxylic acid groups (broad SMARTS) is 1. The second-order valence-electron chi connectivity index (χ2n) is 7.64. The summed E-state index contributed by atoms with van der Waals surface area (Å²) in [5.74, 6) is -1.10. The number of hydrogen-bond donors (Lipinski definition) is 3. The maximum atomic E-state index is 12.8.